The number of carbonyl (C=O) groups excluding carboxylic acids is 1. The van der Waals surface area contributed by atoms with Gasteiger partial charge in [-0.3, -0.25) is 4.79 Å². The zero-order valence-electron chi connectivity index (χ0n) is 10.4. The smallest absolute Gasteiger partial charge is 0.392 e. The molecule has 0 bridgehead atoms. The number of nitrogens with one attached hydrogen (secondary N) is 1. The average Bonchev–Trinajstić information content (AvgIpc) is 2.76. The van der Waals surface area contributed by atoms with E-state index in [9.17, 15) is 23.1 Å². The van der Waals surface area contributed by atoms with E-state index >= 15 is 0 Å². The van der Waals surface area contributed by atoms with Crippen molar-refractivity contribution in [2.45, 2.75) is 31.5 Å². The molecule has 20 heavy (non-hydrogen) atoms. The van der Waals surface area contributed by atoms with Gasteiger partial charge in [-0.1, -0.05) is 11.6 Å². The van der Waals surface area contributed by atoms with Crippen LogP contribution in [0.1, 0.15) is 24.8 Å². The van der Waals surface area contributed by atoms with E-state index in [0.717, 1.165) is 18.6 Å². The summed E-state index contributed by atoms with van der Waals surface area (Å²) in [6.45, 7) is 0. The first kappa shape index (κ1) is 15.1. The molecule has 2 atom stereocenters. The van der Waals surface area contributed by atoms with Crippen LogP contribution in [0.3, 0.4) is 0 Å². The number of alkyl halides is 3. The summed E-state index contributed by atoms with van der Waals surface area (Å²) in [6.07, 6.45) is -3.51. The SMILES string of the molecule is O=C(Nc1ccc(Cl)c(C(F)(F)F)c1)C1CCCC1O. The van der Waals surface area contributed by atoms with E-state index in [-0.39, 0.29) is 5.69 Å². The Kier molecular flexibility index (Phi) is 4.25. The molecule has 0 spiro atoms. The molecule has 0 radical (unpaired) electrons. The Labute approximate surface area is 118 Å². The van der Waals surface area contributed by atoms with Crippen LogP contribution in [0.5, 0.6) is 0 Å². The number of benzene rings is 1. The highest BCUT2D eigenvalue weighted by Crippen LogP contribution is 2.36. The molecule has 0 saturated heterocycles. The number of hydrogen-bond donors (Lipinski definition) is 2. The number of aliphatic hydroxyl groups is 1. The van der Waals surface area contributed by atoms with E-state index in [0.29, 0.717) is 12.8 Å². The first-order valence-corrected chi connectivity index (χ1v) is 6.52. The topological polar surface area (TPSA) is 49.3 Å². The molecule has 2 N–H and O–H groups in total. The standard InChI is InChI=1S/C13H13ClF3NO2/c14-10-5-4-7(6-9(10)13(15,16)17)18-12(20)8-2-1-3-11(8)19/h4-6,8,11,19H,1-3H2,(H,18,20). The highest BCUT2D eigenvalue weighted by atomic mass is 35.5. The van der Waals surface area contributed by atoms with Crippen molar-refractivity contribution < 1.29 is 23.1 Å². The summed E-state index contributed by atoms with van der Waals surface area (Å²) < 4.78 is 38.1. The lowest BCUT2D eigenvalue weighted by molar-refractivity contribution is -0.137. The van der Waals surface area contributed by atoms with Crippen LogP contribution in [0.2, 0.25) is 5.02 Å². The van der Waals surface area contributed by atoms with Crippen LogP contribution in [0.15, 0.2) is 18.2 Å². The molecule has 3 nitrogen and oxygen atoms in total. The molecule has 110 valence electrons. The molecule has 7 heteroatoms. The van der Waals surface area contributed by atoms with Crippen LogP contribution < -0.4 is 5.32 Å². The number of hydrogen-bond acceptors (Lipinski definition) is 2. The lowest BCUT2D eigenvalue weighted by Crippen LogP contribution is -2.28. The molecule has 1 aromatic rings. The van der Waals surface area contributed by atoms with Crippen LogP contribution >= 0.6 is 11.6 Å². The van der Waals surface area contributed by atoms with Gasteiger partial charge in [0.25, 0.3) is 0 Å². The molecular weight excluding hydrogens is 295 g/mol. The zero-order chi connectivity index (χ0) is 14.9. The fraction of sp³-hybridized carbons (Fsp3) is 0.462. The van der Waals surface area contributed by atoms with Crippen LogP contribution in [-0.4, -0.2) is 17.1 Å². The monoisotopic (exact) mass is 307 g/mol. The predicted octanol–water partition coefficient (Wildman–Crippen LogP) is 3.46. The number of carbonyl (C=O) groups is 1. The Morgan fingerprint density at radius 2 is 2.05 bits per heavy atom. The van der Waals surface area contributed by atoms with Gasteiger partial charge in [0.15, 0.2) is 0 Å². The maximum atomic E-state index is 12.7. The van der Waals surface area contributed by atoms with Crippen LogP contribution in [-0.2, 0) is 11.0 Å². The molecule has 2 rings (SSSR count). The highest BCUT2D eigenvalue weighted by molar-refractivity contribution is 6.31. The molecule has 0 aliphatic heterocycles. The van der Waals surface area contributed by atoms with E-state index in [4.69, 9.17) is 11.6 Å². The molecule has 1 fully saturated rings. The van der Waals surface area contributed by atoms with E-state index in [1.165, 1.54) is 6.07 Å². The molecule has 1 aliphatic carbocycles. The second-order valence-electron chi connectivity index (χ2n) is 4.79. The Balaban J connectivity index is 2.16. The zero-order valence-corrected chi connectivity index (χ0v) is 11.1. The fourth-order valence-corrected chi connectivity index (χ4v) is 2.53. The molecule has 1 amide bonds. The molecule has 0 heterocycles. The third-order valence-corrected chi connectivity index (χ3v) is 3.69. The third-order valence-electron chi connectivity index (χ3n) is 3.36. The summed E-state index contributed by atoms with van der Waals surface area (Å²) >= 11 is 5.49. The highest BCUT2D eigenvalue weighted by Gasteiger charge is 2.34. The van der Waals surface area contributed by atoms with Crippen LogP contribution in [0.4, 0.5) is 18.9 Å². The Morgan fingerprint density at radius 3 is 2.60 bits per heavy atom. The number of halogens is 4. The van der Waals surface area contributed by atoms with Crippen molar-refractivity contribution in [1.82, 2.24) is 0 Å². The maximum Gasteiger partial charge on any atom is 0.417 e. The fourth-order valence-electron chi connectivity index (χ4n) is 2.30. The molecule has 0 aromatic heterocycles. The minimum Gasteiger partial charge on any atom is -0.392 e. The quantitative estimate of drug-likeness (QED) is 0.879. The molecule has 1 aromatic carbocycles. The van der Waals surface area contributed by atoms with Crippen molar-refractivity contribution in [2.24, 2.45) is 5.92 Å². The number of rotatable bonds is 2. The van der Waals surface area contributed by atoms with E-state index in [1.807, 2.05) is 0 Å². The molecule has 2 unspecified atom stereocenters. The van der Waals surface area contributed by atoms with Gasteiger partial charge < -0.3 is 10.4 Å². The van der Waals surface area contributed by atoms with Gasteiger partial charge in [0.2, 0.25) is 5.91 Å². The largest absolute Gasteiger partial charge is 0.417 e. The predicted molar refractivity (Wildman–Crippen MR) is 68.4 cm³/mol. The van der Waals surface area contributed by atoms with Gasteiger partial charge in [0.1, 0.15) is 0 Å². The van der Waals surface area contributed by atoms with Crippen molar-refractivity contribution in [1.29, 1.82) is 0 Å². The lowest BCUT2D eigenvalue weighted by atomic mass is 10.0. The number of aliphatic hydroxyl groups excluding tert-OH is 1. The van der Waals surface area contributed by atoms with Crippen molar-refractivity contribution in [2.75, 3.05) is 5.32 Å². The van der Waals surface area contributed by atoms with Crippen molar-refractivity contribution in [3.05, 3.63) is 28.8 Å². The van der Waals surface area contributed by atoms with Gasteiger partial charge in [-0.25, -0.2) is 0 Å². The molecular formula is C13H13ClF3NO2. The average molecular weight is 308 g/mol. The first-order chi connectivity index (χ1) is 9.29. The van der Waals surface area contributed by atoms with Gasteiger partial charge >= 0.3 is 6.18 Å². The molecule has 1 aliphatic rings. The minimum atomic E-state index is -4.58. The summed E-state index contributed by atoms with van der Waals surface area (Å²) in [5.41, 5.74) is -0.977. The number of anilines is 1. The normalized spacial score (nSPS) is 22.9. The van der Waals surface area contributed by atoms with Crippen molar-refractivity contribution in [3.8, 4) is 0 Å². The van der Waals surface area contributed by atoms with Crippen LogP contribution in [0, 0.1) is 5.92 Å². The summed E-state index contributed by atoms with van der Waals surface area (Å²) in [4.78, 5) is 11.9. The van der Waals surface area contributed by atoms with E-state index < -0.39 is 34.7 Å². The van der Waals surface area contributed by atoms with Gasteiger partial charge in [0.05, 0.1) is 22.6 Å². The third kappa shape index (κ3) is 3.24. The Bertz CT molecular complexity index is 519. The lowest BCUT2D eigenvalue weighted by Gasteiger charge is -2.16. The Hall–Kier alpha value is -1.27. The second-order valence-corrected chi connectivity index (χ2v) is 5.19. The Morgan fingerprint density at radius 1 is 1.35 bits per heavy atom. The van der Waals surface area contributed by atoms with E-state index in [1.54, 1.807) is 0 Å². The summed E-state index contributed by atoms with van der Waals surface area (Å²) in [5.74, 6) is -1.04. The summed E-state index contributed by atoms with van der Waals surface area (Å²) in [7, 11) is 0. The van der Waals surface area contributed by atoms with Crippen molar-refractivity contribution >= 4 is 23.2 Å². The number of amides is 1. The van der Waals surface area contributed by atoms with Gasteiger partial charge in [0, 0.05) is 5.69 Å². The molecule has 1 saturated carbocycles. The van der Waals surface area contributed by atoms with E-state index in [2.05, 4.69) is 5.32 Å². The van der Waals surface area contributed by atoms with Gasteiger partial charge in [-0.15, -0.1) is 0 Å². The van der Waals surface area contributed by atoms with Gasteiger partial charge in [-0.2, -0.15) is 13.2 Å². The summed E-state index contributed by atoms with van der Waals surface area (Å²) in [5, 5.41) is 11.6. The minimum absolute atomic E-state index is 0.0193. The van der Waals surface area contributed by atoms with Crippen molar-refractivity contribution in [3.63, 3.8) is 0 Å². The summed E-state index contributed by atoms with van der Waals surface area (Å²) in [6, 6.07) is 3.18. The first-order valence-electron chi connectivity index (χ1n) is 6.14. The maximum absolute atomic E-state index is 12.7. The second kappa shape index (κ2) is 5.61. The van der Waals surface area contributed by atoms with Gasteiger partial charge in [-0.05, 0) is 37.5 Å². The van der Waals surface area contributed by atoms with Crippen LogP contribution in [0.25, 0.3) is 0 Å².